The van der Waals surface area contributed by atoms with Crippen LogP contribution in [0.2, 0.25) is 5.02 Å². The largest absolute Gasteiger partial charge is 0.342 e. The van der Waals surface area contributed by atoms with Crippen LogP contribution in [0.15, 0.2) is 33.3 Å². The van der Waals surface area contributed by atoms with E-state index in [1.54, 1.807) is 0 Å². The van der Waals surface area contributed by atoms with E-state index < -0.39 is 9.52 Å². The SMILES string of the molecule is C=S1(=O)CCN(CC(=O)N2CCC(C3c4ncc(Br)cc4CCc4cc(Cl)cc(Br)c43)CC2)CC1. The number of carbonyl (C=O) groups excluding carboxylic acids is 1. The topological polar surface area (TPSA) is 53.5 Å². The van der Waals surface area contributed by atoms with Crippen molar-refractivity contribution in [2.75, 3.05) is 44.2 Å². The van der Waals surface area contributed by atoms with Crippen LogP contribution in [0.5, 0.6) is 0 Å². The summed E-state index contributed by atoms with van der Waals surface area (Å²) in [4.78, 5) is 22.1. The van der Waals surface area contributed by atoms with E-state index in [2.05, 4.69) is 54.8 Å². The Kier molecular flexibility index (Phi) is 7.67. The van der Waals surface area contributed by atoms with Gasteiger partial charge in [-0.1, -0.05) is 27.5 Å². The fourth-order valence-corrected chi connectivity index (χ4v) is 8.65. The number of piperidine rings is 1. The molecule has 5 rings (SSSR count). The van der Waals surface area contributed by atoms with Crippen LogP contribution in [0.3, 0.4) is 0 Å². The van der Waals surface area contributed by atoms with Gasteiger partial charge in [-0.05, 0) is 97.8 Å². The normalized spacial score (nSPS) is 22.8. The number of nitrogens with zero attached hydrogens (tertiary/aromatic N) is 3. The molecule has 1 amide bonds. The summed E-state index contributed by atoms with van der Waals surface area (Å²) in [6.07, 6.45) is 5.65. The van der Waals surface area contributed by atoms with Crippen LogP contribution in [0.4, 0.5) is 0 Å². The molecule has 0 spiro atoms. The van der Waals surface area contributed by atoms with Gasteiger partial charge in [0, 0.05) is 63.8 Å². The van der Waals surface area contributed by atoms with Crippen LogP contribution in [0, 0.1) is 5.92 Å². The molecule has 2 aromatic rings. The summed E-state index contributed by atoms with van der Waals surface area (Å²) in [5.41, 5.74) is 5.03. The maximum absolute atomic E-state index is 13.0. The maximum atomic E-state index is 13.0. The van der Waals surface area contributed by atoms with Crippen molar-refractivity contribution >= 4 is 64.8 Å². The Morgan fingerprint density at radius 2 is 1.77 bits per heavy atom. The molecule has 35 heavy (non-hydrogen) atoms. The number of hydrogen-bond donors (Lipinski definition) is 0. The van der Waals surface area contributed by atoms with Crippen LogP contribution < -0.4 is 0 Å². The number of halogens is 3. The van der Waals surface area contributed by atoms with Gasteiger partial charge in [0.1, 0.15) is 0 Å². The van der Waals surface area contributed by atoms with Crippen molar-refractivity contribution in [2.24, 2.45) is 5.92 Å². The van der Waals surface area contributed by atoms with E-state index in [1.807, 2.05) is 17.2 Å². The molecule has 5 nitrogen and oxygen atoms in total. The number of amides is 1. The number of rotatable bonds is 3. The molecule has 0 saturated carbocycles. The van der Waals surface area contributed by atoms with E-state index in [9.17, 15) is 9.00 Å². The number of aryl methyl sites for hydroxylation is 2. The monoisotopic (exact) mass is 641 g/mol. The van der Waals surface area contributed by atoms with Gasteiger partial charge in [0.2, 0.25) is 5.91 Å². The van der Waals surface area contributed by atoms with E-state index in [0.29, 0.717) is 37.1 Å². The van der Waals surface area contributed by atoms with Gasteiger partial charge in [-0.25, -0.2) is 0 Å². The zero-order valence-electron chi connectivity index (χ0n) is 19.6. The quantitative estimate of drug-likeness (QED) is 0.453. The Hall–Kier alpha value is -0.930. The fraction of sp³-hybridized carbons (Fsp3) is 0.500. The van der Waals surface area contributed by atoms with Crippen molar-refractivity contribution in [3.05, 3.63) is 60.7 Å². The minimum Gasteiger partial charge on any atom is -0.342 e. The summed E-state index contributed by atoms with van der Waals surface area (Å²) >= 11 is 13.9. The van der Waals surface area contributed by atoms with Gasteiger partial charge in [0.25, 0.3) is 0 Å². The van der Waals surface area contributed by atoms with Crippen molar-refractivity contribution in [3.8, 4) is 0 Å². The van der Waals surface area contributed by atoms with Crippen molar-refractivity contribution in [1.29, 1.82) is 0 Å². The van der Waals surface area contributed by atoms with Crippen molar-refractivity contribution in [3.63, 3.8) is 0 Å². The molecule has 3 aliphatic rings. The summed E-state index contributed by atoms with van der Waals surface area (Å²) in [6.45, 7) is 3.31. The second-order valence-corrected chi connectivity index (χ2v) is 15.0. The zero-order chi connectivity index (χ0) is 24.7. The highest BCUT2D eigenvalue weighted by Gasteiger charge is 2.36. The van der Waals surface area contributed by atoms with Gasteiger partial charge in [-0.3, -0.25) is 18.9 Å². The van der Waals surface area contributed by atoms with E-state index in [1.165, 1.54) is 16.7 Å². The fourth-order valence-electron chi connectivity index (χ4n) is 5.77. The zero-order valence-corrected chi connectivity index (χ0v) is 24.4. The van der Waals surface area contributed by atoms with Gasteiger partial charge < -0.3 is 4.90 Å². The van der Waals surface area contributed by atoms with Crippen LogP contribution in [0.1, 0.15) is 41.1 Å². The average Bonchev–Trinajstić information content (AvgIpc) is 2.97. The molecule has 1 aromatic heterocycles. The molecule has 2 fully saturated rings. The standard InChI is InChI=1S/C26H30Br2ClN3O2S/c1-35(34)10-8-31(9-11-35)16-23(33)32-6-4-17(5-7-32)25-24-18(13-21(29)14-22(24)28)2-3-19-12-20(27)15-30-26(19)25/h12-15,17,25H,1-11,16H2. The van der Waals surface area contributed by atoms with Gasteiger partial charge in [0.15, 0.2) is 0 Å². The molecule has 0 N–H and O–H groups in total. The second-order valence-electron chi connectivity index (χ2n) is 10.0. The number of benzene rings is 1. The van der Waals surface area contributed by atoms with E-state index in [0.717, 1.165) is 58.4 Å². The Bertz CT molecular complexity index is 1230. The van der Waals surface area contributed by atoms with Crippen molar-refractivity contribution < 1.29 is 9.00 Å². The highest BCUT2D eigenvalue weighted by Crippen LogP contribution is 2.46. The number of pyridine rings is 1. The van der Waals surface area contributed by atoms with Crippen LogP contribution in [-0.2, 0) is 27.2 Å². The van der Waals surface area contributed by atoms with Crippen molar-refractivity contribution in [1.82, 2.24) is 14.8 Å². The molecule has 188 valence electrons. The number of aromatic nitrogens is 1. The van der Waals surface area contributed by atoms with Crippen LogP contribution in [-0.4, -0.2) is 75.0 Å². The second kappa shape index (κ2) is 10.4. The van der Waals surface area contributed by atoms with E-state index >= 15 is 0 Å². The third-order valence-corrected chi connectivity index (χ3v) is 10.9. The molecule has 1 unspecified atom stereocenters. The lowest BCUT2D eigenvalue weighted by atomic mass is 9.76. The minimum absolute atomic E-state index is 0.173. The highest BCUT2D eigenvalue weighted by atomic mass is 79.9. The van der Waals surface area contributed by atoms with E-state index in [-0.39, 0.29) is 11.8 Å². The van der Waals surface area contributed by atoms with Crippen molar-refractivity contribution in [2.45, 2.75) is 31.6 Å². The van der Waals surface area contributed by atoms with Gasteiger partial charge >= 0.3 is 0 Å². The summed E-state index contributed by atoms with van der Waals surface area (Å²) in [5.74, 6) is 5.75. The first-order valence-corrected chi connectivity index (χ1v) is 16.2. The van der Waals surface area contributed by atoms with Gasteiger partial charge in [-0.15, -0.1) is 0 Å². The molecule has 1 atom stereocenters. The molecular formula is C26H30Br2ClN3O2S. The third kappa shape index (κ3) is 5.66. The molecule has 0 bridgehead atoms. The Balaban J connectivity index is 1.34. The smallest absolute Gasteiger partial charge is 0.236 e. The first kappa shape index (κ1) is 25.7. The van der Waals surface area contributed by atoms with Gasteiger partial charge in [-0.2, -0.15) is 0 Å². The molecule has 9 heteroatoms. The summed E-state index contributed by atoms with van der Waals surface area (Å²) in [6, 6.07) is 6.31. The van der Waals surface area contributed by atoms with Gasteiger partial charge in [0.05, 0.1) is 12.2 Å². The Morgan fingerprint density at radius 3 is 2.49 bits per heavy atom. The van der Waals surface area contributed by atoms with Crippen LogP contribution >= 0.6 is 43.5 Å². The predicted octanol–water partition coefficient (Wildman–Crippen LogP) is 4.76. The lowest BCUT2D eigenvalue weighted by molar-refractivity contribution is -0.133. The molecule has 3 heterocycles. The summed E-state index contributed by atoms with van der Waals surface area (Å²) < 4.78 is 14.2. The summed E-state index contributed by atoms with van der Waals surface area (Å²) in [7, 11) is -1.94. The number of likely N-dealkylation sites (tertiary alicyclic amines) is 1. The molecule has 1 aliphatic carbocycles. The first-order valence-electron chi connectivity index (χ1n) is 12.1. The highest BCUT2D eigenvalue weighted by molar-refractivity contribution is 9.10. The van der Waals surface area contributed by atoms with Crippen LogP contribution in [0.25, 0.3) is 0 Å². The molecule has 2 aliphatic heterocycles. The molecule has 2 saturated heterocycles. The molecular weight excluding hydrogens is 614 g/mol. The summed E-state index contributed by atoms with van der Waals surface area (Å²) in [5, 5.41) is 0.752. The van der Waals surface area contributed by atoms with E-state index in [4.69, 9.17) is 16.6 Å². The lowest BCUT2D eigenvalue weighted by Crippen LogP contribution is -2.48. The molecule has 1 aromatic carbocycles. The lowest BCUT2D eigenvalue weighted by Gasteiger charge is -2.38. The Morgan fingerprint density at radius 1 is 1.09 bits per heavy atom. The third-order valence-electron chi connectivity index (χ3n) is 7.70. The minimum atomic E-state index is -1.94. The Labute approximate surface area is 229 Å². The number of hydrogen-bond acceptors (Lipinski definition) is 4. The first-order chi connectivity index (χ1) is 16.7. The maximum Gasteiger partial charge on any atom is 0.236 e. The number of fused-ring (bicyclic) bond motifs is 2. The number of carbonyl (C=O) groups is 1. The predicted molar refractivity (Wildman–Crippen MR) is 151 cm³/mol. The molecule has 0 radical (unpaired) electrons. The average molecular weight is 644 g/mol.